The smallest absolute Gasteiger partial charge is 0.253 e. The summed E-state index contributed by atoms with van der Waals surface area (Å²) < 4.78 is 18.4. The second-order valence-electron chi connectivity index (χ2n) is 7.23. The van der Waals surface area contributed by atoms with Gasteiger partial charge in [-0.15, -0.1) is 5.10 Å². The third-order valence-electron chi connectivity index (χ3n) is 5.08. The fraction of sp³-hybridized carbons (Fsp3) is 0.292. The number of methoxy groups -OCH3 is 3. The molecule has 0 N–H and O–H groups in total. The highest BCUT2D eigenvalue weighted by Gasteiger charge is 2.20. The molecule has 0 saturated carbocycles. The Morgan fingerprint density at radius 1 is 0.906 bits per heavy atom. The zero-order chi connectivity index (χ0) is 22.5. The Bertz CT molecular complexity index is 1190. The average molecular weight is 451 g/mol. The minimum Gasteiger partial charge on any atom is -0.496 e. The Balaban J connectivity index is 1.64. The van der Waals surface area contributed by atoms with Crippen LogP contribution in [0.5, 0.6) is 17.2 Å². The van der Waals surface area contributed by atoms with Crippen LogP contribution in [-0.4, -0.2) is 46.7 Å². The first kappa shape index (κ1) is 22.0. The second-order valence-corrected chi connectivity index (χ2v) is 8.30. The van der Waals surface area contributed by atoms with Gasteiger partial charge < -0.3 is 14.2 Å². The summed E-state index contributed by atoms with van der Waals surface area (Å²) in [4.78, 5) is 9.22. The van der Waals surface area contributed by atoms with Crippen molar-refractivity contribution in [1.29, 1.82) is 0 Å². The molecule has 0 saturated heterocycles. The van der Waals surface area contributed by atoms with Crippen molar-refractivity contribution in [1.82, 2.24) is 19.6 Å². The molecule has 2 aromatic carbocycles. The van der Waals surface area contributed by atoms with Crippen molar-refractivity contribution < 1.29 is 14.2 Å². The minimum absolute atomic E-state index is 0.547. The van der Waals surface area contributed by atoms with E-state index in [1.54, 1.807) is 37.6 Å². The van der Waals surface area contributed by atoms with Gasteiger partial charge in [-0.05, 0) is 31.4 Å². The molecule has 8 heteroatoms. The Morgan fingerprint density at radius 3 is 2.28 bits per heavy atom. The molecule has 0 unspecified atom stereocenters. The van der Waals surface area contributed by atoms with E-state index in [1.165, 1.54) is 5.56 Å². The normalized spacial score (nSPS) is 11.0. The quantitative estimate of drug-likeness (QED) is 0.267. The summed E-state index contributed by atoms with van der Waals surface area (Å²) in [7, 11) is 4.86. The van der Waals surface area contributed by atoms with Crippen molar-refractivity contribution >= 4 is 17.5 Å². The number of thioether (sulfide) groups is 1. The lowest BCUT2D eigenvalue weighted by atomic mass is 10.1. The van der Waals surface area contributed by atoms with Gasteiger partial charge in [0, 0.05) is 23.6 Å². The summed E-state index contributed by atoms with van der Waals surface area (Å²) >= 11 is 1.64. The summed E-state index contributed by atoms with van der Waals surface area (Å²) in [6.07, 6.45) is 2.08. The van der Waals surface area contributed by atoms with Crippen LogP contribution in [0.15, 0.2) is 53.7 Å². The lowest BCUT2D eigenvalue weighted by Crippen LogP contribution is -2.02. The van der Waals surface area contributed by atoms with E-state index in [9.17, 15) is 0 Å². The molecule has 0 amide bonds. The molecule has 0 radical (unpaired) electrons. The Morgan fingerprint density at radius 2 is 1.62 bits per heavy atom. The van der Waals surface area contributed by atoms with Crippen molar-refractivity contribution in [2.24, 2.45) is 0 Å². The van der Waals surface area contributed by atoms with E-state index < -0.39 is 0 Å². The van der Waals surface area contributed by atoms with Crippen LogP contribution in [0.3, 0.4) is 0 Å². The van der Waals surface area contributed by atoms with Crippen LogP contribution < -0.4 is 14.2 Å². The number of fused-ring (bicyclic) bond motifs is 1. The Labute approximate surface area is 191 Å². The molecule has 0 aliphatic heterocycles. The van der Waals surface area contributed by atoms with Gasteiger partial charge in [-0.25, -0.2) is 4.98 Å². The molecule has 0 atom stereocenters. The molecule has 32 heavy (non-hydrogen) atoms. The molecule has 0 aliphatic carbocycles. The van der Waals surface area contributed by atoms with E-state index in [0.29, 0.717) is 28.2 Å². The third-order valence-corrected chi connectivity index (χ3v) is 6.00. The summed E-state index contributed by atoms with van der Waals surface area (Å²) in [5.74, 6) is 3.37. The number of hydrogen-bond acceptors (Lipinski definition) is 7. The Kier molecular flexibility index (Phi) is 6.80. The van der Waals surface area contributed by atoms with Crippen molar-refractivity contribution in [2.45, 2.75) is 24.9 Å². The number of nitrogens with zero attached hydrogens (tertiary/aromatic N) is 4. The van der Waals surface area contributed by atoms with Gasteiger partial charge in [-0.2, -0.15) is 9.50 Å². The largest absolute Gasteiger partial charge is 0.496 e. The van der Waals surface area contributed by atoms with Crippen molar-refractivity contribution in [3.05, 3.63) is 59.8 Å². The minimum atomic E-state index is 0.547. The summed E-state index contributed by atoms with van der Waals surface area (Å²) in [5, 5.41) is 5.43. The van der Waals surface area contributed by atoms with Gasteiger partial charge >= 0.3 is 0 Å². The van der Waals surface area contributed by atoms with Gasteiger partial charge in [0.05, 0.1) is 32.6 Å². The van der Waals surface area contributed by atoms with E-state index in [1.807, 2.05) is 31.2 Å². The number of hydrogen-bond donors (Lipinski definition) is 0. The monoisotopic (exact) mass is 450 g/mol. The average Bonchev–Trinajstić information content (AvgIpc) is 3.23. The number of aryl methyl sites for hydroxylation is 2. The van der Waals surface area contributed by atoms with Crippen molar-refractivity contribution in [3.8, 4) is 28.5 Å². The summed E-state index contributed by atoms with van der Waals surface area (Å²) in [6, 6.07) is 16.1. The summed E-state index contributed by atoms with van der Waals surface area (Å²) in [5.41, 5.74) is 3.75. The number of benzene rings is 2. The first-order chi connectivity index (χ1) is 15.6. The maximum absolute atomic E-state index is 5.65. The molecule has 2 heterocycles. The van der Waals surface area contributed by atoms with Crippen LogP contribution in [0.25, 0.3) is 17.0 Å². The van der Waals surface area contributed by atoms with E-state index in [4.69, 9.17) is 19.3 Å². The first-order valence-electron chi connectivity index (χ1n) is 10.3. The van der Waals surface area contributed by atoms with Crippen LogP contribution in [0.4, 0.5) is 0 Å². The molecule has 0 bridgehead atoms. The van der Waals surface area contributed by atoms with Gasteiger partial charge in [0.2, 0.25) is 5.16 Å². The molecule has 0 fully saturated rings. The zero-order valence-corrected chi connectivity index (χ0v) is 19.5. The number of aromatic nitrogens is 4. The molecular formula is C24H26N4O3S. The number of rotatable bonds is 9. The van der Waals surface area contributed by atoms with E-state index in [2.05, 4.69) is 34.2 Å². The van der Waals surface area contributed by atoms with Crippen LogP contribution in [-0.2, 0) is 6.42 Å². The molecule has 166 valence electrons. The van der Waals surface area contributed by atoms with Crippen LogP contribution >= 0.6 is 11.8 Å². The van der Waals surface area contributed by atoms with E-state index in [-0.39, 0.29) is 0 Å². The molecule has 4 aromatic rings. The summed E-state index contributed by atoms with van der Waals surface area (Å²) in [6.45, 7) is 1.94. The molecule has 4 rings (SSSR count). The maximum Gasteiger partial charge on any atom is 0.253 e. The second kappa shape index (κ2) is 9.91. The van der Waals surface area contributed by atoms with Gasteiger partial charge in [0.15, 0.2) is 0 Å². The van der Waals surface area contributed by atoms with Crippen molar-refractivity contribution in [2.75, 3.05) is 27.1 Å². The molecule has 2 aromatic heterocycles. The van der Waals surface area contributed by atoms with Crippen molar-refractivity contribution in [3.63, 3.8) is 0 Å². The fourth-order valence-corrected chi connectivity index (χ4v) is 4.31. The highest BCUT2D eigenvalue weighted by molar-refractivity contribution is 7.99. The predicted molar refractivity (Wildman–Crippen MR) is 126 cm³/mol. The highest BCUT2D eigenvalue weighted by atomic mass is 32.2. The lowest BCUT2D eigenvalue weighted by Gasteiger charge is -2.16. The molecular weight excluding hydrogens is 424 g/mol. The first-order valence-corrected chi connectivity index (χ1v) is 11.3. The fourth-order valence-electron chi connectivity index (χ4n) is 3.55. The predicted octanol–water partition coefficient (Wildman–Crippen LogP) is 4.85. The molecule has 7 nitrogen and oxygen atoms in total. The number of ether oxygens (including phenoxy) is 3. The third kappa shape index (κ3) is 4.65. The lowest BCUT2D eigenvalue weighted by molar-refractivity contribution is 0.377. The maximum atomic E-state index is 5.65. The topological polar surface area (TPSA) is 70.8 Å². The van der Waals surface area contributed by atoms with Crippen LogP contribution in [0, 0.1) is 6.92 Å². The SMILES string of the molecule is COc1cc(OC)c(-c2cc(C)nc3nc(SCCCc4ccccc4)nn23)c(OC)c1. The highest BCUT2D eigenvalue weighted by Crippen LogP contribution is 2.41. The molecule has 0 aliphatic rings. The standard InChI is InChI=1S/C24H26N4O3S/c1-16-13-19(22-20(30-3)14-18(29-2)15-21(22)31-4)28-23(25-16)26-24(27-28)32-12-8-11-17-9-6-5-7-10-17/h5-7,9-10,13-15H,8,11-12H2,1-4H3. The van der Waals surface area contributed by atoms with Gasteiger partial charge in [-0.3, -0.25) is 0 Å². The van der Waals surface area contributed by atoms with Crippen LogP contribution in [0.2, 0.25) is 0 Å². The zero-order valence-electron chi connectivity index (χ0n) is 18.7. The van der Waals surface area contributed by atoms with Gasteiger partial charge in [-0.1, -0.05) is 42.1 Å². The van der Waals surface area contributed by atoms with E-state index in [0.717, 1.165) is 35.5 Å². The van der Waals surface area contributed by atoms with Crippen LogP contribution in [0.1, 0.15) is 17.7 Å². The van der Waals surface area contributed by atoms with Gasteiger partial charge in [0.25, 0.3) is 5.78 Å². The van der Waals surface area contributed by atoms with Gasteiger partial charge in [0.1, 0.15) is 17.2 Å². The Hall–Kier alpha value is -3.26. The van der Waals surface area contributed by atoms with E-state index >= 15 is 0 Å². The molecule has 0 spiro atoms.